The van der Waals surface area contributed by atoms with E-state index in [9.17, 15) is 0 Å². The molecule has 2 rings (SSSR count). The lowest BCUT2D eigenvalue weighted by atomic mass is 10.1. The summed E-state index contributed by atoms with van der Waals surface area (Å²) in [6.07, 6.45) is 2.74. The number of rotatable bonds is 4. The van der Waals surface area contributed by atoms with E-state index in [0.29, 0.717) is 11.5 Å². The second kappa shape index (κ2) is 3.67. The van der Waals surface area contributed by atoms with E-state index in [1.165, 1.54) is 18.4 Å². The number of nitrogens with one attached hydrogen (secondary N) is 1. The van der Waals surface area contributed by atoms with Crippen LogP contribution in [0, 0.1) is 19.3 Å². The average Bonchev–Trinajstić information content (AvgIpc) is 2.80. The van der Waals surface area contributed by atoms with E-state index in [1.54, 1.807) is 0 Å². The smallest absolute Gasteiger partial charge is 0.105 e. The molecule has 1 atom stereocenters. The first kappa shape index (κ1) is 10.7. The van der Waals surface area contributed by atoms with Gasteiger partial charge in [-0.05, 0) is 45.1 Å². The Labute approximate surface area is 92.1 Å². The van der Waals surface area contributed by atoms with Crippen molar-refractivity contribution < 1.29 is 4.42 Å². The minimum Gasteiger partial charge on any atom is -0.466 e. The SMILES string of the molecule is Cc1cc(C(C)NCC2(C)CC2)c(C)o1. The first-order chi connectivity index (χ1) is 7.00. The van der Waals surface area contributed by atoms with Gasteiger partial charge in [-0.25, -0.2) is 0 Å². The first-order valence-corrected chi connectivity index (χ1v) is 5.80. The molecule has 0 bridgehead atoms. The van der Waals surface area contributed by atoms with E-state index in [4.69, 9.17) is 4.42 Å². The summed E-state index contributed by atoms with van der Waals surface area (Å²) in [4.78, 5) is 0. The molecule has 84 valence electrons. The Balaban J connectivity index is 1.95. The van der Waals surface area contributed by atoms with E-state index in [-0.39, 0.29) is 0 Å². The van der Waals surface area contributed by atoms with Gasteiger partial charge in [0.1, 0.15) is 11.5 Å². The third kappa shape index (κ3) is 2.43. The van der Waals surface area contributed by atoms with Crippen LogP contribution in [-0.4, -0.2) is 6.54 Å². The number of hydrogen-bond donors (Lipinski definition) is 1. The largest absolute Gasteiger partial charge is 0.466 e. The Hall–Kier alpha value is -0.760. The number of furan rings is 1. The molecule has 2 heteroatoms. The van der Waals surface area contributed by atoms with Crippen molar-refractivity contribution in [3.63, 3.8) is 0 Å². The number of hydrogen-bond acceptors (Lipinski definition) is 2. The molecule has 0 aliphatic heterocycles. The third-order valence-corrected chi connectivity index (χ3v) is 3.48. The summed E-state index contributed by atoms with van der Waals surface area (Å²) < 4.78 is 5.54. The Kier molecular flexibility index (Phi) is 2.63. The van der Waals surface area contributed by atoms with Crippen LogP contribution in [0.4, 0.5) is 0 Å². The first-order valence-electron chi connectivity index (χ1n) is 5.80. The second-order valence-electron chi connectivity index (χ2n) is 5.28. The standard InChI is InChI=1S/C13H21NO/c1-9-7-12(11(3)15-9)10(2)14-8-13(4)5-6-13/h7,10,14H,5-6,8H2,1-4H3. The fourth-order valence-electron chi connectivity index (χ4n) is 1.98. The van der Waals surface area contributed by atoms with Crippen LogP contribution >= 0.6 is 0 Å². The van der Waals surface area contributed by atoms with Crippen LogP contribution in [0.1, 0.15) is 49.8 Å². The van der Waals surface area contributed by atoms with Gasteiger partial charge in [-0.3, -0.25) is 0 Å². The Morgan fingerprint density at radius 1 is 1.47 bits per heavy atom. The molecule has 0 radical (unpaired) electrons. The van der Waals surface area contributed by atoms with Gasteiger partial charge < -0.3 is 9.73 Å². The highest BCUT2D eigenvalue weighted by atomic mass is 16.3. The van der Waals surface area contributed by atoms with E-state index in [1.807, 2.05) is 13.8 Å². The predicted octanol–water partition coefficient (Wildman–Crippen LogP) is 3.35. The van der Waals surface area contributed by atoms with Gasteiger partial charge in [0, 0.05) is 18.2 Å². The highest BCUT2D eigenvalue weighted by molar-refractivity contribution is 5.23. The summed E-state index contributed by atoms with van der Waals surface area (Å²) in [7, 11) is 0. The van der Waals surface area contributed by atoms with Crippen molar-refractivity contribution in [2.24, 2.45) is 5.41 Å². The minimum absolute atomic E-state index is 0.403. The van der Waals surface area contributed by atoms with Crippen molar-refractivity contribution in [1.29, 1.82) is 0 Å². The molecule has 1 aromatic heterocycles. The van der Waals surface area contributed by atoms with Crippen molar-refractivity contribution >= 4 is 0 Å². The fourth-order valence-corrected chi connectivity index (χ4v) is 1.98. The molecule has 0 aromatic carbocycles. The van der Waals surface area contributed by atoms with Gasteiger partial charge in [-0.15, -0.1) is 0 Å². The van der Waals surface area contributed by atoms with Crippen LogP contribution in [0.3, 0.4) is 0 Å². The van der Waals surface area contributed by atoms with Crippen molar-refractivity contribution in [3.05, 3.63) is 23.2 Å². The number of aryl methyl sites for hydroxylation is 2. The Morgan fingerprint density at radius 3 is 2.60 bits per heavy atom. The molecule has 1 aliphatic carbocycles. The minimum atomic E-state index is 0.403. The lowest BCUT2D eigenvalue weighted by Gasteiger charge is -2.16. The van der Waals surface area contributed by atoms with Crippen molar-refractivity contribution in [3.8, 4) is 0 Å². The van der Waals surface area contributed by atoms with Gasteiger partial charge in [0.25, 0.3) is 0 Å². The molecule has 1 aromatic rings. The molecule has 0 saturated heterocycles. The van der Waals surface area contributed by atoms with Crippen LogP contribution in [0.5, 0.6) is 0 Å². The Bertz CT molecular complexity index is 349. The maximum atomic E-state index is 5.54. The van der Waals surface area contributed by atoms with Gasteiger partial charge in [0.15, 0.2) is 0 Å². The van der Waals surface area contributed by atoms with Crippen LogP contribution in [-0.2, 0) is 0 Å². The molecule has 2 nitrogen and oxygen atoms in total. The molecule has 1 heterocycles. The molecular formula is C13H21NO. The predicted molar refractivity (Wildman–Crippen MR) is 61.9 cm³/mol. The quantitative estimate of drug-likeness (QED) is 0.819. The molecule has 1 unspecified atom stereocenters. The van der Waals surface area contributed by atoms with Crippen LogP contribution in [0.25, 0.3) is 0 Å². The van der Waals surface area contributed by atoms with E-state index in [2.05, 4.69) is 25.2 Å². The molecular weight excluding hydrogens is 186 g/mol. The van der Waals surface area contributed by atoms with E-state index >= 15 is 0 Å². The van der Waals surface area contributed by atoms with Gasteiger partial charge >= 0.3 is 0 Å². The summed E-state index contributed by atoms with van der Waals surface area (Å²) >= 11 is 0. The summed E-state index contributed by atoms with van der Waals surface area (Å²) in [5, 5.41) is 3.60. The van der Waals surface area contributed by atoms with E-state index < -0.39 is 0 Å². The summed E-state index contributed by atoms with van der Waals surface area (Å²) in [5.74, 6) is 2.06. The maximum Gasteiger partial charge on any atom is 0.105 e. The highest BCUT2D eigenvalue weighted by Gasteiger charge is 2.37. The lowest BCUT2D eigenvalue weighted by Crippen LogP contribution is -2.25. The molecule has 1 fully saturated rings. The van der Waals surface area contributed by atoms with Gasteiger partial charge in [-0.2, -0.15) is 0 Å². The van der Waals surface area contributed by atoms with Crippen LogP contribution < -0.4 is 5.32 Å². The zero-order chi connectivity index (χ0) is 11.1. The Morgan fingerprint density at radius 2 is 2.13 bits per heavy atom. The topological polar surface area (TPSA) is 25.2 Å². The molecule has 1 saturated carbocycles. The summed E-state index contributed by atoms with van der Waals surface area (Å²) in [6, 6.07) is 2.54. The van der Waals surface area contributed by atoms with Gasteiger partial charge in [0.2, 0.25) is 0 Å². The summed E-state index contributed by atoms with van der Waals surface area (Å²) in [6.45, 7) is 9.73. The lowest BCUT2D eigenvalue weighted by molar-refractivity contribution is 0.447. The van der Waals surface area contributed by atoms with Gasteiger partial charge in [0.05, 0.1) is 0 Å². The van der Waals surface area contributed by atoms with Crippen LogP contribution in [0.15, 0.2) is 10.5 Å². The van der Waals surface area contributed by atoms with Crippen LogP contribution in [0.2, 0.25) is 0 Å². The van der Waals surface area contributed by atoms with E-state index in [0.717, 1.165) is 18.1 Å². The molecule has 1 aliphatic rings. The maximum absolute atomic E-state index is 5.54. The zero-order valence-electron chi connectivity index (χ0n) is 10.2. The average molecular weight is 207 g/mol. The summed E-state index contributed by atoms with van der Waals surface area (Å²) in [5.41, 5.74) is 1.87. The van der Waals surface area contributed by atoms with Crippen molar-refractivity contribution in [2.75, 3.05) is 6.54 Å². The normalized spacial score (nSPS) is 20.3. The third-order valence-electron chi connectivity index (χ3n) is 3.48. The molecule has 0 amide bonds. The molecule has 15 heavy (non-hydrogen) atoms. The second-order valence-corrected chi connectivity index (χ2v) is 5.28. The van der Waals surface area contributed by atoms with Crippen molar-refractivity contribution in [1.82, 2.24) is 5.32 Å². The fraction of sp³-hybridized carbons (Fsp3) is 0.692. The van der Waals surface area contributed by atoms with Gasteiger partial charge in [-0.1, -0.05) is 6.92 Å². The monoisotopic (exact) mass is 207 g/mol. The molecule has 0 spiro atoms. The molecule has 1 N–H and O–H groups in total. The van der Waals surface area contributed by atoms with Crippen molar-refractivity contribution in [2.45, 2.75) is 46.6 Å². The zero-order valence-corrected chi connectivity index (χ0v) is 10.2. The highest BCUT2D eigenvalue weighted by Crippen LogP contribution is 2.44.